The van der Waals surface area contributed by atoms with Crippen molar-refractivity contribution in [3.63, 3.8) is 0 Å². The number of amides is 1. The predicted octanol–water partition coefficient (Wildman–Crippen LogP) is 2.97. The van der Waals surface area contributed by atoms with E-state index in [2.05, 4.69) is 10.2 Å². The van der Waals surface area contributed by atoms with E-state index >= 15 is 0 Å². The van der Waals surface area contributed by atoms with E-state index in [1.165, 1.54) is 25.3 Å². The number of thioether (sulfide) groups is 1. The minimum atomic E-state index is -4.48. The molecule has 0 radical (unpaired) electrons. The molecule has 1 N–H and O–H groups in total. The average Bonchev–Trinajstić information content (AvgIpc) is 3.06. The molecule has 0 saturated heterocycles. The first-order valence-electron chi connectivity index (χ1n) is 8.47. The highest BCUT2D eigenvalue weighted by Gasteiger charge is 2.28. The van der Waals surface area contributed by atoms with Crippen LogP contribution in [0.2, 0.25) is 0 Å². The fourth-order valence-electron chi connectivity index (χ4n) is 2.35. The molecule has 0 aliphatic rings. The number of methoxy groups -OCH3 is 1. The van der Waals surface area contributed by atoms with Gasteiger partial charge in [-0.3, -0.25) is 9.36 Å². The minimum Gasteiger partial charge on any atom is -0.483 e. The van der Waals surface area contributed by atoms with Crippen molar-refractivity contribution in [1.82, 2.24) is 20.1 Å². The quantitative estimate of drug-likeness (QED) is 0.456. The number of alkyl halides is 3. The molecule has 1 heterocycles. The van der Waals surface area contributed by atoms with Crippen molar-refractivity contribution in [2.45, 2.75) is 30.9 Å². The van der Waals surface area contributed by atoms with Gasteiger partial charge in [0.15, 0.2) is 22.5 Å². The van der Waals surface area contributed by atoms with Gasteiger partial charge >= 0.3 is 6.18 Å². The third-order valence-electron chi connectivity index (χ3n) is 3.60. The number of halogens is 4. The van der Waals surface area contributed by atoms with E-state index < -0.39 is 24.4 Å². The van der Waals surface area contributed by atoms with Gasteiger partial charge in [-0.15, -0.1) is 10.2 Å². The van der Waals surface area contributed by atoms with Crippen molar-refractivity contribution in [3.8, 4) is 5.75 Å². The highest BCUT2D eigenvalue weighted by Crippen LogP contribution is 2.24. The first-order chi connectivity index (χ1) is 13.7. The first-order valence-corrected chi connectivity index (χ1v) is 9.46. The van der Waals surface area contributed by atoms with Crippen LogP contribution in [0.5, 0.6) is 5.75 Å². The normalized spacial score (nSPS) is 12.6. The summed E-state index contributed by atoms with van der Waals surface area (Å²) in [6.07, 6.45) is -4.48. The van der Waals surface area contributed by atoms with Gasteiger partial charge in [-0.05, 0) is 19.1 Å². The summed E-state index contributed by atoms with van der Waals surface area (Å²) >= 11 is 0.930. The Morgan fingerprint density at radius 3 is 2.69 bits per heavy atom. The molecule has 7 nitrogen and oxygen atoms in total. The molecule has 0 aliphatic carbocycles. The topological polar surface area (TPSA) is 78.3 Å². The van der Waals surface area contributed by atoms with Gasteiger partial charge in [-0.1, -0.05) is 23.9 Å². The van der Waals surface area contributed by atoms with E-state index in [1.54, 1.807) is 16.0 Å². The van der Waals surface area contributed by atoms with Gasteiger partial charge in [0.25, 0.3) is 0 Å². The molecule has 12 heteroatoms. The Hall–Kier alpha value is -2.34. The van der Waals surface area contributed by atoms with Gasteiger partial charge in [0.1, 0.15) is 13.2 Å². The third kappa shape index (κ3) is 7.20. The fourth-order valence-corrected chi connectivity index (χ4v) is 3.23. The lowest BCUT2D eigenvalue weighted by Crippen LogP contribution is -2.34. The predicted molar refractivity (Wildman–Crippen MR) is 97.1 cm³/mol. The van der Waals surface area contributed by atoms with Crippen LogP contribution in [-0.4, -0.2) is 52.9 Å². The molecule has 1 atom stereocenters. The van der Waals surface area contributed by atoms with E-state index in [9.17, 15) is 22.4 Å². The van der Waals surface area contributed by atoms with Gasteiger partial charge in [0.2, 0.25) is 5.91 Å². The fraction of sp³-hybridized carbons (Fsp3) is 0.471. The Bertz CT molecular complexity index is 816. The van der Waals surface area contributed by atoms with Crippen LogP contribution in [0.3, 0.4) is 0 Å². The maximum atomic E-state index is 13.7. The standard InChI is InChI=1S/C17H20F4N4O3S/c1-11(7-27-2)25-14(8-28-13-6-4-3-5-12(13)18)23-24-16(25)29-9-15(26)22-10-17(19,20)21/h3-6,11H,7-10H2,1-2H3,(H,22,26)/t11-/m0/s1. The summed E-state index contributed by atoms with van der Waals surface area (Å²) in [7, 11) is 1.51. The molecule has 1 aromatic carbocycles. The van der Waals surface area contributed by atoms with Crippen molar-refractivity contribution in [2.75, 3.05) is 26.0 Å². The molecule has 2 rings (SSSR count). The smallest absolute Gasteiger partial charge is 0.405 e. The van der Waals surface area contributed by atoms with E-state index in [4.69, 9.17) is 9.47 Å². The Morgan fingerprint density at radius 2 is 2.03 bits per heavy atom. The lowest BCUT2D eigenvalue weighted by atomic mass is 10.3. The van der Waals surface area contributed by atoms with Gasteiger partial charge in [0, 0.05) is 7.11 Å². The molecule has 0 spiro atoms. The maximum absolute atomic E-state index is 13.7. The largest absolute Gasteiger partial charge is 0.483 e. The minimum absolute atomic E-state index is 0.0437. The molecular weight excluding hydrogens is 416 g/mol. The number of carbonyl (C=O) groups excluding carboxylic acids is 1. The highest BCUT2D eigenvalue weighted by atomic mass is 32.2. The van der Waals surface area contributed by atoms with E-state index in [0.717, 1.165) is 11.8 Å². The zero-order valence-electron chi connectivity index (χ0n) is 15.7. The molecule has 0 bridgehead atoms. The number of nitrogens with zero attached hydrogens (tertiary/aromatic N) is 3. The number of hydrogen-bond donors (Lipinski definition) is 1. The second kappa shape index (κ2) is 10.4. The summed E-state index contributed by atoms with van der Waals surface area (Å²) in [5, 5.41) is 10.1. The average molecular weight is 436 g/mol. The zero-order chi connectivity index (χ0) is 21.4. The number of rotatable bonds is 10. The molecule has 0 saturated carbocycles. The highest BCUT2D eigenvalue weighted by molar-refractivity contribution is 7.99. The van der Waals surface area contributed by atoms with Crippen LogP contribution in [0.25, 0.3) is 0 Å². The Labute approximate surface area is 168 Å². The Kier molecular flexibility index (Phi) is 8.26. The summed E-state index contributed by atoms with van der Waals surface area (Å²) in [6.45, 7) is 0.607. The van der Waals surface area contributed by atoms with Crippen molar-refractivity contribution in [1.29, 1.82) is 0 Å². The van der Waals surface area contributed by atoms with Gasteiger partial charge in [-0.25, -0.2) is 4.39 Å². The Balaban J connectivity index is 2.07. The van der Waals surface area contributed by atoms with Gasteiger partial charge in [0.05, 0.1) is 18.4 Å². The molecule has 1 aromatic heterocycles. The molecule has 0 fully saturated rings. The molecule has 2 aromatic rings. The van der Waals surface area contributed by atoms with Crippen LogP contribution in [0.15, 0.2) is 29.4 Å². The third-order valence-corrected chi connectivity index (χ3v) is 4.54. The molecule has 29 heavy (non-hydrogen) atoms. The molecule has 1 amide bonds. The number of para-hydroxylation sites is 1. The van der Waals surface area contributed by atoms with Crippen molar-refractivity contribution >= 4 is 17.7 Å². The molecule has 0 unspecified atom stereocenters. The summed E-state index contributed by atoms with van der Waals surface area (Å²) in [6, 6.07) is 5.63. The van der Waals surface area contributed by atoms with Crippen LogP contribution in [-0.2, 0) is 16.1 Å². The first kappa shape index (κ1) is 22.9. The van der Waals surface area contributed by atoms with Crippen LogP contribution < -0.4 is 10.1 Å². The van der Waals surface area contributed by atoms with Gasteiger partial charge < -0.3 is 14.8 Å². The van der Waals surface area contributed by atoms with Crippen LogP contribution in [0.1, 0.15) is 18.8 Å². The second-order valence-electron chi connectivity index (χ2n) is 5.97. The number of aromatic nitrogens is 3. The number of carbonyl (C=O) groups is 1. The van der Waals surface area contributed by atoms with E-state index in [1.807, 2.05) is 6.92 Å². The number of benzene rings is 1. The number of nitrogens with one attached hydrogen (secondary N) is 1. The monoisotopic (exact) mass is 436 g/mol. The van der Waals surface area contributed by atoms with Crippen LogP contribution >= 0.6 is 11.8 Å². The van der Waals surface area contributed by atoms with Gasteiger partial charge in [-0.2, -0.15) is 13.2 Å². The lowest BCUT2D eigenvalue weighted by molar-refractivity contribution is -0.136. The van der Waals surface area contributed by atoms with Crippen molar-refractivity contribution in [3.05, 3.63) is 35.9 Å². The molecule has 0 aliphatic heterocycles. The van der Waals surface area contributed by atoms with Crippen molar-refractivity contribution in [2.24, 2.45) is 0 Å². The Morgan fingerprint density at radius 1 is 1.31 bits per heavy atom. The zero-order valence-corrected chi connectivity index (χ0v) is 16.5. The molecule has 160 valence electrons. The molecular formula is C17H20F4N4O3S. The second-order valence-corrected chi connectivity index (χ2v) is 6.92. The summed E-state index contributed by atoms with van der Waals surface area (Å²) in [4.78, 5) is 11.6. The van der Waals surface area contributed by atoms with Crippen LogP contribution in [0, 0.1) is 5.82 Å². The number of hydrogen-bond acceptors (Lipinski definition) is 6. The van der Waals surface area contributed by atoms with E-state index in [-0.39, 0.29) is 24.2 Å². The van der Waals surface area contributed by atoms with Crippen molar-refractivity contribution < 1.29 is 31.8 Å². The number of ether oxygens (including phenoxy) is 2. The maximum Gasteiger partial charge on any atom is 0.405 e. The SMILES string of the molecule is COC[C@H](C)n1c(COc2ccccc2F)nnc1SCC(=O)NCC(F)(F)F. The van der Waals surface area contributed by atoms with Crippen LogP contribution in [0.4, 0.5) is 17.6 Å². The van der Waals surface area contributed by atoms with E-state index in [0.29, 0.717) is 17.6 Å². The summed E-state index contributed by atoms with van der Waals surface area (Å²) in [5.74, 6) is -1.19. The summed E-state index contributed by atoms with van der Waals surface area (Å²) < 4.78 is 62.5. The summed E-state index contributed by atoms with van der Waals surface area (Å²) in [5.41, 5.74) is 0. The lowest BCUT2D eigenvalue weighted by Gasteiger charge is -2.17.